The molecule has 1 aromatic carbocycles. The van der Waals surface area contributed by atoms with Crippen molar-refractivity contribution in [1.29, 1.82) is 0 Å². The van der Waals surface area contributed by atoms with Crippen LogP contribution in [0.25, 0.3) is 0 Å². The number of carbonyl (C=O) groups is 1. The summed E-state index contributed by atoms with van der Waals surface area (Å²) in [6.07, 6.45) is 6.97. The summed E-state index contributed by atoms with van der Waals surface area (Å²) in [5.41, 5.74) is 7.36. The van der Waals surface area contributed by atoms with E-state index in [1.54, 1.807) is 4.90 Å². The van der Waals surface area contributed by atoms with Crippen molar-refractivity contribution in [3.8, 4) is 0 Å². The lowest BCUT2D eigenvalue weighted by Crippen LogP contribution is -2.32. The van der Waals surface area contributed by atoms with Gasteiger partial charge >= 0.3 is 0 Å². The minimum absolute atomic E-state index is 0.193. The van der Waals surface area contributed by atoms with Crippen LogP contribution in [0.5, 0.6) is 0 Å². The highest BCUT2D eigenvalue weighted by Gasteiger charge is 2.23. The van der Waals surface area contributed by atoms with Gasteiger partial charge in [-0.1, -0.05) is 31.7 Å². The number of hydrogen-bond donors (Lipinski definition) is 1. The second-order valence-electron chi connectivity index (χ2n) is 5.18. The van der Waals surface area contributed by atoms with Crippen molar-refractivity contribution in [1.82, 2.24) is 0 Å². The Morgan fingerprint density at radius 3 is 2.50 bits per heavy atom. The van der Waals surface area contributed by atoms with Crippen LogP contribution in [0.15, 0.2) is 24.3 Å². The highest BCUT2D eigenvalue weighted by atomic mass is 16.2. The third kappa shape index (κ3) is 3.03. The molecule has 2 rings (SSSR count). The molecule has 0 spiro atoms. The molecule has 3 heteroatoms. The molecule has 0 saturated heterocycles. The van der Waals surface area contributed by atoms with Crippen LogP contribution in [0.1, 0.15) is 38.5 Å². The Balaban J connectivity index is 2.07. The van der Waals surface area contributed by atoms with Crippen molar-refractivity contribution in [3.05, 3.63) is 24.3 Å². The maximum Gasteiger partial charge on any atom is 0.229 e. The highest BCUT2D eigenvalue weighted by Crippen LogP contribution is 2.26. The zero-order valence-corrected chi connectivity index (χ0v) is 11.1. The van der Waals surface area contributed by atoms with Crippen LogP contribution < -0.4 is 10.6 Å². The molecule has 0 heterocycles. The van der Waals surface area contributed by atoms with Crippen LogP contribution in [0, 0.1) is 5.92 Å². The molecule has 1 amide bonds. The van der Waals surface area contributed by atoms with E-state index in [9.17, 15) is 4.79 Å². The molecule has 1 saturated carbocycles. The molecule has 1 aliphatic rings. The van der Waals surface area contributed by atoms with E-state index in [2.05, 4.69) is 0 Å². The van der Waals surface area contributed by atoms with Crippen LogP contribution in [-0.2, 0) is 4.79 Å². The minimum Gasteiger partial charge on any atom is -0.399 e. The molecule has 0 aliphatic heterocycles. The number of hydrogen-bond acceptors (Lipinski definition) is 2. The van der Waals surface area contributed by atoms with Crippen molar-refractivity contribution >= 4 is 17.3 Å². The summed E-state index contributed by atoms with van der Waals surface area (Å²) in [5, 5.41) is 0. The number of carbonyl (C=O) groups excluding carboxylic acids is 1. The zero-order valence-electron chi connectivity index (χ0n) is 11.1. The van der Waals surface area contributed by atoms with E-state index in [1.165, 1.54) is 25.7 Å². The average molecular weight is 246 g/mol. The Bertz CT molecular complexity index is 409. The molecule has 18 heavy (non-hydrogen) atoms. The van der Waals surface area contributed by atoms with Gasteiger partial charge in [-0.05, 0) is 31.0 Å². The van der Waals surface area contributed by atoms with E-state index in [1.807, 2.05) is 31.3 Å². The molecule has 0 aromatic heterocycles. The molecule has 0 radical (unpaired) electrons. The molecule has 98 valence electrons. The second kappa shape index (κ2) is 5.89. The van der Waals surface area contributed by atoms with Crippen molar-refractivity contribution in [2.45, 2.75) is 38.5 Å². The van der Waals surface area contributed by atoms with Crippen LogP contribution in [0.3, 0.4) is 0 Å². The van der Waals surface area contributed by atoms with Crippen molar-refractivity contribution < 1.29 is 4.79 Å². The summed E-state index contributed by atoms with van der Waals surface area (Å²) in [5.74, 6) is 0.432. The van der Waals surface area contributed by atoms with Gasteiger partial charge in [0.15, 0.2) is 0 Å². The Morgan fingerprint density at radius 2 is 1.89 bits per heavy atom. The van der Waals surface area contributed by atoms with Gasteiger partial charge in [0.25, 0.3) is 0 Å². The number of nitrogen functional groups attached to an aromatic ring is 1. The fourth-order valence-electron chi connectivity index (χ4n) is 2.66. The van der Waals surface area contributed by atoms with E-state index >= 15 is 0 Å². The molecular weight excluding hydrogens is 224 g/mol. The van der Waals surface area contributed by atoms with Crippen LogP contribution in [0.2, 0.25) is 0 Å². The van der Waals surface area contributed by atoms with Gasteiger partial charge in [0.1, 0.15) is 0 Å². The van der Waals surface area contributed by atoms with Crippen LogP contribution in [-0.4, -0.2) is 13.0 Å². The number of amides is 1. The number of benzene rings is 1. The quantitative estimate of drug-likeness (QED) is 0.643. The number of rotatable bonds is 2. The first-order valence-electron chi connectivity index (χ1n) is 6.81. The first-order valence-corrected chi connectivity index (χ1v) is 6.81. The van der Waals surface area contributed by atoms with E-state index in [-0.39, 0.29) is 11.8 Å². The number of nitrogens with zero attached hydrogens (tertiary/aromatic N) is 1. The Kier molecular flexibility index (Phi) is 4.24. The smallest absolute Gasteiger partial charge is 0.229 e. The summed E-state index contributed by atoms with van der Waals surface area (Å²) >= 11 is 0. The van der Waals surface area contributed by atoms with Gasteiger partial charge in [0.2, 0.25) is 5.91 Å². The van der Waals surface area contributed by atoms with Gasteiger partial charge in [0.05, 0.1) is 0 Å². The topological polar surface area (TPSA) is 46.3 Å². The van der Waals surface area contributed by atoms with E-state index in [0.29, 0.717) is 5.69 Å². The monoisotopic (exact) mass is 246 g/mol. The molecule has 3 nitrogen and oxygen atoms in total. The summed E-state index contributed by atoms with van der Waals surface area (Å²) in [6, 6.07) is 7.52. The third-order valence-corrected chi connectivity index (χ3v) is 3.79. The lowest BCUT2D eigenvalue weighted by molar-refractivity contribution is -0.122. The molecular formula is C15H22N2O. The third-order valence-electron chi connectivity index (χ3n) is 3.79. The minimum atomic E-state index is 0.193. The molecule has 1 fully saturated rings. The molecule has 0 bridgehead atoms. The molecule has 0 unspecified atom stereocenters. The SMILES string of the molecule is CN(C(=O)C1CCCCCC1)c1cccc(N)c1. The Labute approximate surface area is 109 Å². The van der Waals surface area contributed by atoms with Gasteiger partial charge < -0.3 is 10.6 Å². The van der Waals surface area contributed by atoms with Gasteiger partial charge in [-0.2, -0.15) is 0 Å². The molecule has 0 atom stereocenters. The van der Waals surface area contributed by atoms with Crippen LogP contribution >= 0.6 is 0 Å². The van der Waals surface area contributed by atoms with E-state index in [0.717, 1.165) is 18.5 Å². The lowest BCUT2D eigenvalue weighted by atomic mass is 9.98. The summed E-state index contributed by atoms with van der Waals surface area (Å²) < 4.78 is 0. The Hall–Kier alpha value is -1.51. The van der Waals surface area contributed by atoms with Gasteiger partial charge in [-0.15, -0.1) is 0 Å². The maximum atomic E-state index is 12.4. The number of nitrogens with two attached hydrogens (primary N) is 1. The van der Waals surface area contributed by atoms with Crippen LogP contribution in [0.4, 0.5) is 11.4 Å². The normalized spacial score (nSPS) is 17.2. The Morgan fingerprint density at radius 1 is 1.22 bits per heavy atom. The van der Waals surface area contributed by atoms with Gasteiger partial charge in [-0.3, -0.25) is 4.79 Å². The second-order valence-corrected chi connectivity index (χ2v) is 5.18. The largest absolute Gasteiger partial charge is 0.399 e. The summed E-state index contributed by atoms with van der Waals surface area (Å²) in [6.45, 7) is 0. The fraction of sp³-hybridized carbons (Fsp3) is 0.533. The molecule has 1 aromatic rings. The predicted octanol–water partition coefficient (Wildman–Crippen LogP) is 3.20. The lowest BCUT2D eigenvalue weighted by Gasteiger charge is -2.23. The predicted molar refractivity (Wildman–Crippen MR) is 75.5 cm³/mol. The zero-order chi connectivity index (χ0) is 13.0. The first-order chi connectivity index (χ1) is 8.68. The van der Waals surface area contributed by atoms with E-state index in [4.69, 9.17) is 5.73 Å². The van der Waals surface area contributed by atoms with Gasteiger partial charge in [0, 0.05) is 24.3 Å². The highest BCUT2D eigenvalue weighted by molar-refractivity contribution is 5.94. The van der Waals surface area contributed by atoms with Crippen molar-refractivity contribution in [3.63, 3.8) is 0 Å². The average Bonchev–Trinajstić information content (AvgIpc) is 2.66. The first kappa shape index (κ1) is 12.9. The summed E-state index contributed by atoms with van der Waals surface area (Å²) in [7, 11) is 1.85. The number of anilines is 2. The van der Waals surface area contributed by atoms with E-state index < -0.39 is 0 Å². The molecule has 1 aliphatic carbocycles. The van der Waals surface area contributed by atoms with Gasteiger partial charge in [-0.25, -0.2) is 0 Å². The summed E-state index contributed by atoms with van der Waals surface area (Å²) in [4.78, 5) is 14.2. The standard InChI is InChI=1S/C15H22N2O/c1-17(14-10-6-9-13(16)11-14)15(18)12-7-4-2-3-5-8-12/h6,9-12H,2-5,7-8,16H2,1H3. The molecule has 2 N–H and O–H groups in total. The van der Waals surface area contributed by atoms with Crippen molar-refractivity contribution in [2.75, 3.05) is 17.7 Å². The maximum absolute atomic E-state index is 12.4. The fourth-order valence-corrected chi connectivity index (χ4v) is 2.66. The van der Waals surface area contributed by atoms with Crippen molar-refractivity contribution in [2.24, 2.45) is 5.92 Å².